The molecule has 0 aliphatic heterocycles. The summed E-state index contributed by atoms with van der Waals surface area (Å²) in [6.07, 6.45) is 0.311. The van der Waals surface area contributed by atoms with Crippen molar-refractivity contribution in [3.63, 3.8) is 0 Å². The lowest BCUT2D eigenvalue weighted by Gasteiger charge is -2.18. The molecule has 1 aromatic carbocycles. The first-order valence-corrected chi connectivity index (χ1v) is 6.25. The summed E-state index contributed by atoms with van der Waals surface area (Å²) in [5, 5.41) is 18.9. The van der Waals surface area contributed by atoms with E-state index in [4.69, 9.17) is 10.8 Å². The van der Waals surface area contributed by atoms with Gasteiger partial charge in [-0.2, -0.15) is 0 Å². The van der Waals surface area contributed by atoms with Gasteiger partial charge in [-0.1, -0.05) is 17.7 Å². The smallest absolute Gasteiger partial charge is 0.303 e. The number of phenols is 1. The van der Waals surface area contributed by atoms with Gasteiger partial charge in [-0.3, -0.25) is 4.79 Å². The third-order valence-corrected chi connectivity index (χ3v) is 2.92. The molecule has 106 valence electrons. The number of phenolic OH excluding ortho intramolecular Hbond substituents is 1. The number of hydrogen-bond donors (Lipinski definition) is 3. The van der Waals surface area contributed by atoms with Crippen molar-refractivity contribution in [3.8, 4) is 5.75 Å². The van der Waals surface area contributed by atoms with Crippen LogP contribution in [-0.4, -0.2) is 35.2 Å². The van der Waals surface area contributed by atoms with Gasteiger partial charge in [0.05, 0.1) is 0 Å². The van der Waals surface area contributed by atoms with Crippen molar-refractivity contribution in [3.05, 3.63) is 28.8 Å². The maximum Gasteiger partial charge on any atom is 0.303 e. The quantitative estimate of drug-likeness (QED) is 0.728. The van der Waals surface area contributed by atoms with E-state index < -0.39 is 12.0 Å². The van der Waals surface area contributed by atoms with E-state index in [1.165, 1.54) is 0 Å². The third kappa shape index (κ3) is 4.54. The van der Waals surface area contributed by atoms with Crippen LogP contribution in [0.5, 0.6) is 5.75 Å². The van der Waals surface area contributed by atoms with Gasteiger partial charge in [0.2, 0.25) is 0 Å². The average molecular weight is 266 g/mol. The molecule has 0 radical (unpaired) electrons. The summed E-state index contributed by atoms with van der Waals surface area (Å²) in [5.41, 5.74) is 8.42. The van der Waals surface area contributed by atoms with Crippen LogP contribution >= 0.6 is 0 Å². The Kier molecular flexibility index (Phi) is 5.32. The summed E-state index contributed by atoms with van der Waals surface area (Å²) in [7, 11) is 3.84. The molecule has 0 amide bonds. The van der Waals surface area contributed by atoms with E-state index in [1.54, 1.807) is 0 Å². The van der Waals surface area contributed by atoms with Gasteiger partial charge in [-0.15, -0.1) is 0 Å². The molecule has 0 bridgehead atoms. The predicted octanol–water partition coefficient (Wildman–Crippen LogP) is 1.63. The molecule has 1 aromatic rings. The van der Waals surface area contributed by atoms with Crippen LogP contribution in [0.3, 0.4) is 0 Å². The molecule has 5 nitrogen and oxygen atoms in total. The van der Waals surface area contributed by atoms with Crippen molar-refractivity contribution in [1.82, 2.24) is 4.90 Å². The van der Waals surface area contributed by atoms with Crippen molar-refractivity contribution in [2.75, 3.05) is 14.1 Å². The number of hydrogen-bond acceptors (Lipinski definition) is 4. The third-order valence-electron chi connectivity index (χ3n) is 2.92. The first-order chi connectivity index (χ1) is 8.81. The molecule has 1 unspecified atom stereocenters. The van der Waals surface area contributed by atoms with Crippen LogP contribution in [0.15, 0.2) is 12.1 Å². The summed E-state index contributed by atoms with van der Waals surface area (Å²) in [6.45, 7) is 2.55. The van der Waals surface area contributed by atoms with Gasteiger partial charge in [-0.05, 0) is 27.4 Å². The van der Waals surface area contributed by atoms with E-state index >= 15 is 0 Å². The molecule has 0 saturated carbocycles. The van der Waals surface area contributed by atoms with Gasteiger partial charge in [0.15, 0.2) is 0 Å². The number of aryl methyl sites for hydroxylation is 1. The van der Waals surface area contributed by atoms with Crippen molar-refractivity contribution >= 4 is 5.97 Å². The first kappa shape index (κ1) is 15.5. The topological polar surface area (TPSA) is 86.8 Å². The number of rotatable bonds is 6. The second kappa shape index (κ2) is 6.54. The summed E-state index contributed by atoms with van der Waals surface area (Å²) >= 11 is 0. The summed E-state index contributed by atoms with van der Waals surface area (Å²) < 4.78 is 0. The van der Waals surface area contributed by atoms with Gasteiger partial charge in [0.1, 0.15) is 5.75 Å². The van der Waals surface area contributed by atoms with E-state index in [0.29, 0.717) is 18.5 Å². The molecular formula is C14H22N2O3. The standard InChI is InChI=1S/C14H22N2O3/c1-9-6-10(8-16(2)3)14(19)11(7-9)12(15)4-5-13(17)18/h6-7,12,19H,4-5,8,15H2,1-3H3,(H,17,18). The van der Waals surface area contributed by atoms with Gasteiger partial charge < -0.3 is 20.8 Å². The summed E-state index contributed by atoms with van der Waals surface area (Å²) in [5.74, 6) is -0.701. The highest BCUT2D eigenvalue weighted by Gasteiger charge is 2.16. The predicted molar refractivity (Wildman–Crippen MR) is 74.0 cm³/mol. The Bertz CT molecular complexity index is 458. The van der Waals surface area contributed by atoms with Crippen LogP contribution in [0.4, 0.5) is 0 Å². The Labute approximate surface area is 113 Å². The number of aromatic hydroxyl groups is 1. The fourth-order valence-electron chi connectivity index (χ4n) is 2.06. The monoisotopic (exact) mass is 266 g/mol. The zero-order valence-corrected chi connectivity index (χ0v) is 11.7. The Hall–Kier alpha value is -1.59. The number of nitrogens with zero attached hydrogens (tertiary/aromatic N) is 1. The van der Waals surface area contributed by atoms with Crippen LogP contribution in [0.2, 0.25) is 0 Å². The molecule has 1 rings (SSSR count). The van der Waals surface area contributed by atoms with Gasteiger partial charge >= 0.3 is 5.97 Å². The van der Waals surface area contributed by atoms with Crippen molar-refractivity contribution in [1.29, 1.82) is 0 Å². The minimum absolute atomic E-state index is 0.00242. The minimum atomic E-state index is -0.879. The maximum atomic E-state index is 10.6. The first-order valence-electron chi connectivity index (χ1n) is 6.25. The van der Waals surface area contributed by atoms with Crippen LogP contribution in [0.1, 0.15) is 35.6 Å². The molecule has 0 spiro atoms. The van der Waals surface area contributed by atoms with Gasteiger partial charge in [0.25, 0.3) is 0 Å². The molecule has 19 heavy (non-hydrogen) atoms. The van der Waals surface area contributed by atoms with Crippen LogP contribution < -0.4 is 5.73 Å². The number of benzene rings is 1. The van der Waals surface area contributed by atoms with Crippen molar-refractivity contribution < 1.29 is 15.0 Å². The van der Waals surface area contributed by atoms with Gasteiger partial charge in [-0.25, -0.2) is 0 Å². The lowest BCUT2D eigenvalue weighted by atomic mass is 9.96. The van der Waals surface area contributed by atoms with Crippen molar-refractivity contribution in [2.45, 2.75) is 32.4 Å². The Morgan fingerprint density at radius 1 is 1.42 bits per heavy atom. The molecule has 0 heterocycles. The van der Waals surface area contributed by atoms with E-state index in [9.17, 15) is 9.90 Å². The summed E-state index contributed by atoms with van der Waals surface area (Å²) in [4.78, 5) is 12.5. The fourth-order valence-corrected chi connectivity index (χ4v) is 2.06. The Morgan fingerprint density at radius 3 is 2.58 bits per heavy atom. The number of carboxylic acids is 1. The second-order valence-corrected chi connectivity index (χ2v) is 5.14. The number of nitrogens with two attached hydrogens (primary N) is 1. The minimum Gasteiger partial charge on any atom is -0.507 e. The van der Waals surface area contributed by atoms with Crippen LogP contribution in [0, 0.1) is 6.92 Å². The van der Waals surface area contributed by atoms with Crippen LogP contribution in [0.25, 0.3) is 0 Å². The Balaban J connectivity index is 2.99. The molecule has 0 fully saturated rings. The number of carbonyl (C=O) groups is 1. The largest absolute Gasteiger partial charge is 0.507 e. The molecule has 0 aromatic heterocycles. The van der Waals surface area contributed by atoms with Crippen molar-refractivity contribution in [2.24, 2.45) is 5.73 Å². The highest BCUT2D eigenvalue weighted by Crippen LogP contribution is 2.31. The molecular weight excluding hydrogens is 244 g/mol. The molecule has 4 N–H and O–H groups in total. The Morgan fingerprint density at radius 2 is 2.05 bits per heavy atom. The van der Waals surface area contributed by atoms with Gasteiger partial charge in [0, 0.05) is 30.1 Å². The zero-order chi connectivity index (χ0) is 14.6. The highest BCUT2D eigenvalue weighted by molar-refractivity contribution is 5.66. The fraction of sp³-hybridized carbons (Fsp3) is 0.500. The highest BCUT2D eigenvalue weighted by atomic mass is 16.4. The number of carboxylic acid groups (broad SMARTS) is 1. The van der Waals surface area contributed by atoms with E-state index in [-0.39, 0.29) is 12.2 Å². The zero-order valence-electron chi connectivity index (χ0n) is 11.7. The average Bonchev–Trinajstić information content (AvgIpc) is 2.29. The lowest BCUT2D eigenvalue weighted by Crippen LogP contribution is -2.15. The van der Waals surface area contributed by atoms with E-state index in [1.807, 2.05) is 38.1 Å². The van der Waals surface area contributed by atoms with Crippen LogP contribution in [-0.2, 0) is 11.3 Å². The van der Waals surface area contributed by atoms with E-state index in [0.717, 1.165) is 11.1 Å². The molecule has 0 aliphatic rings. The molecule has 1 atom stereocenters. The molecule has 0 aliphatic carbocycles. The SMILES string of the molecule is Cc1cc(CN(C)C)c(O)c(C(N)CCC(=O)O)c1. The second-order valence-electron chi connectivity index (χ2n) is 5.14. The molecule has 5 heteroatoms. The number of aliphatic carboxylic acids is 1. The van der Waals surface area contributed by atoms with E-state index in [2.05, 4.69) is 0 Å². The molecule has 0 saturated heterocycles. The normalized spacial score (nSPS) is 12.7. The lowest BCUT2D eigenvalue weighted by molar-refractivity contribution is -0.137. The summed E-state index contributed by atoms with van der Waals surface area (Å²) in [6, 6.07) is 3.28. The maximum absolute atomic E-state index is 10.6.